The van der Waals surface area contributed by atoms with Gasteiger partial charge in [-0.1, -0.05) is 46.5 Å². The topological polar surface area (TPSA) is 12.5 Å². The first kappa shape index (κ1) is 21.2. The zero-order valence-corrected chi connectivity index (χ0v) is 17.5. The molecule has 0 bridgehead atoms. The Balaban J connectivity index is 1.52. The molecule has 2 rings (SSSR count). The highest BCUT2D eigenvalue weighted by atomic mass is 16.5. The zero-order chi connectivity index (χ0) is 17.9. The van der Waals surface area contributed by atoms with Gasteiger partial charge in [-0.3, -0.25) is 0 Å². The number of nitrogens with zero attached hydrogens (tertiary/aromatic N) is 1. The predicted octanol–water partition coefficient (Wildman–Crippen LogP) is 6.15. The molecule has 2 fully saturated rings. The van der Waals surface area contributed by atoms with Crippen molar-refractivity contribution < 1.29 is 4.74 Å². The summed E-state index contributed by atoms with van der Waals surface area (Å²) in [5.74, 6) is 3.72. The lowest BCUT2D eigenvalue weighted by Gasteiger charge is -2.34. The van der Waals surface area contributed by atoms with Gasteiger partial charge in [0.25, 0.3) is 0 Å². The van der Waals surface area contributed by atoms with Crippen molar-refractivity contribution in [3.8, 4) is 0 Å². The van der Waals surface area contributed by atoms with Gasteiger partial charge in [0.1, 0.15) is 0 Å². The van der Waals surface area contributed by atoms with Crippen LogP contribution in [0.3, 0.4) is 0 Å². The lowest BCUT2D eigenvalue weighted by Crippen LogP contribution is -2.36. The molecule has 0 radical (unpaired) electrons. The molecule has 2 nitrogen and oxygen atoms in total. The number of ether oxygens (including phenoxy) is 1. The van der Waals surface area contributed by atoms with Crippen LogP contribution in [0.4, 0.5) is 0 Å². The van der Waals surface area contributed by atoms with Gasteiger partial charge in [0.15, 0.2) is 0 Å². The Morgan fingerprint density at radius 1 is 0.920 bits per heavy atom. The maximum absolute atomic E-state index is 5.47. The van der Waals surface area contributed by atoms with Crippen LogP contribution < -0.4 is 0 Å². The summed E-state index contributed by atoms with van der Waals surface area (Å²) >= 11 is 0. The Labute approximate surface area is 158 Å². The fourth-order valence-corrected chi connectivity index (χ4v) is 4.92. The van der Waals surface area contributed by atoms with E-state index < -0.39 is 0 Å². The Morgan fingerprint density at radius 2 is 1.72 bits per heavy atom. The van der Waals surface area contributed by atoms with Crippen LogP contribution in [-0.4, -0.2) is 37.7 Å². The number of rotatable bonds is 11. The van der Waals surface area contributed by atoms with Crippen molar-refractivity contribution >= 4 is 0 Å². The molecule has 2 saturated heterocycles. The first-order valence-electron chi connectivity index (χ1n) is 11.4. The number of unbranched alkanes of at least 4 members (excludes halogenated alkanes) is 1. The Kier molecular flexibility index (Phi) is 10.5. The second-order valence-corrected chi connectivity index (χ2v) is 9.53. The van der Waals surface area contributed by atoms with E-state index in [1.807, 2.05) is 0 Å². The Morgan fingerprint density at radius 3 is 2.48 bits per heavy atom. The van der Waals surface area contributed by atoms with Crippen molar-refractivity contribution in [1.82, 2.24) is 4.90 Å². The average molecular weight is 352 g/mol. The number of hydrogen-bond donors (Lipinski definition) is 0. The Hall–Kier alpha value is -0.0800. The molecular formula is C23H45NO. The fourth-order valence-electron chi connectivity index (χ4n) is 4.92. The fraction of sp³-hybridized carbons (Fsp3) is 1.00. The van der Waals surface area contributed by atoms with Crippen LogP contribution in [0.1, 0.15) is 91.4 Å². The number of likely N-dealkylation sites (tertiary alicyclic amines) is 1. The molecule has 0 spiro atoms. The summed E-state index contributed by atoms with van der Waals surface area (Å²) in [5.41, 5.74) is 0. The lowest BCUT2D eigenvalue weighted by molar-refractivity contribution is 0.0629. The Bertz CT molecular complexity index is 324. The second kappa shape index (κ2) is 12.3. The zero-order valence-electron chi connectivity index (χ0n) is 17.5. The third kappa shape index (κ3) is 9.43. The molecule has 0 N–H and O–H groups in total. The smallest absolute Gasteiger partial charge is 0.0468 e. The van der Waals surface area contributed by atoms with Crippen molar-refractivity contribution in [2.75, 3.05) is 32.8 Å². The highest BCUT2D eigenvalue weighted by Gasteiger charge is 2.21. The van der Waals surface area contributed by atoms with E-state index in [1.54, 1.807) is 0 Å². The molecule has 0 aliphatic carbocycles. The van der Waals surface area contributed by atoms with Gasteiger partial charge in [0, 0.05) is 19.8 Å². The number of hydrogen-bond acceptors (Lipinski definition) is 2. The first-order chi connectivity index (χ1) is 12.1. The van der Waals surface area contributed by atoms with E-state index in [0.29, 0.717) is 0 Å². The van der Waals surface area contributed by atoms with Crippen LogP contribution in [0.2, 0.25) is 0 Å². The summed E-state index contributed by atoms with van der Waals surface area (Å²) < 4.78 is 5.47. The highest BCUT2D eigenvalue weighted by Crippen LogP contribution is 2.27. The molecule has 2 heteroatoms. The third-order valence-electron chi connectivity index (χ3n) is 6.49. The van der Waals surface area contributed by atoms with Gasteiger partial charge < -0.3 is 9.64 Å². The standard InChI is InChI=1S/C23H45NO/c1-20(2)8-6-14-24-15-7-11-23(19-24)18-21(3)9-4-5-10-22-12-16-25-17-13-22/h20-23H,4-19H2,1-3H3. The monoisotopic (exact) mass is 351 g/mol. The molecule has 0 amide bonds. The molecule has 0 aromatic heterocycles. The normalized spacial score (nSPS) is 24.7. The van der Waals surface area contributed by atoms with E-state index in [2.05, 4.69) is 25.7 Å². The largest absolute Gasteiger partial charge is 0.381 e. The van der Waals surface area contributed by atoms with Crippen LogP contribution in [0.25, 0.3) is 0 Å². The van der Waals surface area contributed by atoms with E-state index in [9.17, 15) is 0 Å². The first-order valence-corrected chi connectivity index (χ1v) is 11.4. The van der Waals surface area contributed by atoms with Gasteiger partial charge in [-0.15, -0.1) is 0 Å². The van der Waals surface area contributed by atoms with E-state index in [0.717, 1.165) is 36.9 Å². The minimum Gasteiger partial charge on any atom is -0.381 e. The van der Waals surface area contributed by atoms with Crippen molar-refractivity contribution in [1.29, 1.82) is 0 Å². The molecule has 0 aromatic rings. The maximum Gasteiger partial charge on any atom is 0.0468 e. The van der Waals surface area contributed by atoms with Gasteiger partial charge in [-0.25, -0.2) is 0 Å². The lowest BCUT2D eigenvalue weighted by atomic mass is 9.86. The van der Waals surface area contributed by atoms with Gasteiger partial charge in [-0.2, -0.15) is 0 Å². The second-order valence-electron chi connectivity index (χ2n) is 9.53. The molecule has 25 heavy (non-hydrogen) atoms. The summed E-state index contributed by atoms with van der Waals surface area (Å²) in [6, 6.07) is 0. The summed E-state index contributed by atoms with van der Waals surface area (Å²) in [7, 11) is 0. The maximum atomic E-state index is 5.47. The van der Waals surface area contributed by atoms with Gasteiger partial charge in [-0.05, 0) is 81.7 Å². The van der Waals surface area contributed by atoms with Crippen molar-refractivity contribution in [3.05, 3.63) is 0 Å². The SMILES string of the molecule is CC(C)CCCN1CCCC(CC(C)CCCCC2CCOCC2)C1. The van der Waals surface area contributed by atoms with Crippen molar-refractivity contribution in [3.63, 3.8) is 0 Å². The van der Waals surface area contributed by atoms with Crippen LogP contribution >= 0.6 is 0 Å². The van der Waals surface area contributed by atoms with Crippen LogP contribution in [0.15, 0.2) is 0 Å². The van der Waals surface area contributed by atoms with Crippen molar-refractivity contribution in [2.24, 2.45) is 23.7 Å². The molecule has 2 aliphatic heterocycles. The number of piperidine rings is 1. The third-order valence-corrected chi connectivity index (χ3v) is 6.49. The minimum atomic E-state index is 0.863. The molecule has 2 unspecified atom stereocenters. The summed E-state index contributed by atoms with van der Waals surface area (Å²) in [6.45, 7) is 13.3. The van der Waals surface area contributed by atoms with Crippen LogP contribution in [-0.2, 0) is 4.74 Å². The van der Waals surface area contributed by atoms with Crippen LogP contribution in [0, 0.1) is 23.7 Å². The van der Waals surface area contributed by atoms with Gasteiger partial charge in [0.05, 0.1) is 0 Å². The van der Waals surface area contributed by atoms with E-state index in [-0.39, 0.29) is 0 Å². The molecule has 0 saturated carbocycles. The molecule has 2 heterocycles. The molecular weight excluding hydrogens is 306 g/mol. The predicted molar refractivity (Wildman–Crippen MR) is 109 cm³/mol. The minimum absolute atomic E-state index is 0.863. The van der Waals surface area contributed by atoms with E-state index in [1.165, 1.54) is 90.3 Å². The van der Waals surface area contributed by atoms with Crippen molar-refractivity contribution in [2.45, 2.75) is 91.4 Å². The van der Waals surface area contributed by atoms with Crippen LogP contribution in [0.5, 0.6) is 0 Å². The van der Waals surface area contributed by atoms with Gasteiger partial charge in [0.2, 0.25) is 0 Å². The molecule has 2 atom stereocenters. The average Bonchev–Trinajstić information content (AvgIpc) is 2.60. The van der Waals surface area contributed by atoms with Gasteiger partial charge >= 0.3 is 0 Å². The highest BCUT2D eigenvalue weighted by molar-refractivity contribution is 4.75. The van der Waals surface area contributed by atoms with E-state index >= 15 is 0 Å². The molecule has 148 valence electrons. The molecule has 0 aromatic carbocycles. The summed E-state index contributed by atoms with van der Waals surface area (Å²) in [5, 5.41) is 0. The van der Waals surface area contributed by atoms with E-state index in [4.69, 9.17) is 4.74 Å². The quantitative estimate of drug-likeness (QED) is 0.414. The summed E-state index contributed by atoms with van der Waals surface area (Å²) in [4.78, 5) is 2.76. The molecule has 2 aliphatic rings. The summed E-state index contributed by atoms with van der Waals surface area (Å²) in [6.07, 6.45) is 15.6.